The van der Waals surface area contributed by atoms with E-state index in [1.165, 1.54) is 0 Å². The highest BCUT2D eigenvalue weighted by Gasteiger charge is 2.11. The van der Waals surface area contributed by atoms with Crippen LogP contribution >= 0.6 is 11.3 Å². The van der Waals surface area contributed by atoms with Crippen molar-refractivity contribution >= 4 is 33.3 Å². The van der Waals surface area contributed by atoms with Crippen molar-refractivity contribution in [3.63, 3.8) is 0 Å². The second-order valence-electron chi connectivity index (χ2n) is 4.59. The first-order valence-corrected chi connectivity index (χ1v) is 6.82. The number of fused-ring (bicyclic) bond motifs is 1. The van der Waals surface area contributed by atoms with E-state index in [1.54, 1.807) is 11.3 Å². The molecule has 2 heterocycles. The third-order valence-electron chi connectivity index (χ3n) is 2.57. The monoisotopic (exact) mass is 265 g/mol. The van der Waals surface area contributed by atoms with E-state index < -0.39 is 0 Å². The van der Waals surface area contributed by atoms with Gasteiger partial charge in [-0.05, 0) is 32.5 Å². The fraction of sp³-hybridized carbons (Fsp3) is 0.500. The molecule has 98 valence electrons. The molecule has 0 fully saturated rings. The van der Waals surface area contributed by atoms with Crippen molar-refractivity contribution < 1.29 is 0 Å². The second kappa shape index (κ2) is 5.49. The summed E-state index contributed by atoms with van der Waals surface area (Å²) in [5.74, 6) is 1.56. The van der Waals surface area contributed by atoms with E-state index in [0.717, 1.165) is 22.6 Å². The van der Waals surface area contributed by atoms with E-state index in [4.69, 9.17) is 0 Å². The molecule has 0 aromatic carbocycles. The minimum atomic E-state index is 0.336. The molecule has 2 rings (SSSR count). The summed E-state index contributed by atoms with van der Waals surface area (Å²) in [6.07, 6.45) is 0. The summed E-state index contributed by atoms with van der Waals surface area (Å²) in [6, 6.07) is 2.40. The Hall–Kier alpha value is -1.40. The Morgan fingerprint density at radius 3 is 2.83 bits per heavy atom. The van der Waals surface area contributed by atoms with E-state index in [0.29, 0.717) is 12.0 Å². The van der Waals surface area contributed by atoms with Crippen LogP contribution in [0.1, 0.15) is 6.92 Å². The van der Waals surface area contributed by atoms with Crippen LogP contribution in [0.15, 0.2) is 11.4 Å². The molecule has 0 radical (unpaired) electrons. The lowest BCUT2D eigenvalue weighted by Crippen LogP contribution is -2.30. The number of hydrogen-bond donors (Lipinski definition) is 2. The van der Waals surface area contributed by atoms with Crippen molar-refractivity contribution in [1.82, 2.24) is 14.9 Å². The summed E-state index contributed by atoms with van der Waals surface area (Å²) in [5.41, 5.74) is 0. The zero-order valence-electron chi connectivity index (χ0n) is 11.2. The molecule has 0 aliphatic heterocycles. The lowest BCUT2D eigenvalue weighted by molar-refractivity contribution is 0.392. The molecule has 5 nitrogen and oxygen atoms in total. The first-order valence-electron chi connectivity index (χ1n) is 5.94. The summed E-state index contributed by atoms with van der Waals surface area (Å²) >= 11 is 1.63. The van der Waals surface area contributed by atoms with Crippen LogP contribution in [0, 0.1) is 0 Å². The van der Waals surface area contributed by atoms with E-state index in [-0.39, 0.29) is 0 Å². The molecule has 0 saturated heterocycles. The van der Waals surface area contributed by atoms with Crippen LogP contribution in [0.5, 0.6) is 0 Å². The number of rotatable bonds is 5. The topological polar surface area (TPSA) is 53.1 Å². The Bertz CT molecular complexity index is 522. The van der Waals surface area contributed by atoms with Crippen molar-refractivity contribution in [2.45, 2.75) is 13.0 Å². The average Bonchev–Trinajstić information content (AvgIpc) is 2.75. The number of thiophene rings is 1. The summed E-state index contributed by atoms with van der Waals surface area (Å²) in [7, 11) is 5.97. The molecule has 0 bridgehead atoms. The molecular weight excluding hydrogens is 246 g/mol. The fourth-order valence-corrected chi connectivity index (χ4v) is 2.67. The summed E-state index contributed by atoms with van der Waals surface area (Å²) < 4.78 is 0. The minimum Gasteiger partial charge on any atom is -0.366 e. The van der Waals surface area contributed by atoms with Gasteiger partial charge in [-0.3, -0.25) is 0 Å². The van der Waals surface area contributed by atoms with Gasteiger partial charge >= 0.3 is 0 Å². The Kier molecular flexibility index (Phi) is 3.98. The number of likely N-dealkylation sites (N-methyl/N-ethyl adjacent to an activating group) is 1. The summed E-state index contributed by atoms with van der Waals surface area (Å²) in [6.45, 7) is 3.11. The number of aromatic nitrogens is 2. The molecule has 0 amide bonds. The standard InChI is InChI=1S/C12H19N5S/c1-8(7-17(3)4)14-10-9-5-6-18-11(9)16-12(13-2)15-10/h5-6,8H,7H2,1-4H3,(H2,13,14,15,16). The maximum atomic E-state index is 4.49. The Balaban J connectivity index is 2.28. The van der Waals surface area contributed by atoms with Crippen molar-refractivity contribution in [1.29, 1.82) is 0 Å². The molecule has 0 aliphatic rings. The van der Waals surface area contributed by atoms with Gasteiger partial charge in [-0.2, -0.15) is 4.98 Å². The molecule has 0 spiro atoms. The van der Waals surface area contributed by atoms with Gasteiger partial charge in [0.1, 0.15) is 10.6 Å². The van der Waals surface area contributed by atoms with Crippen LogP contribution in [0.3, 0.4) is 0 Å². The zero-order chi connectivity index (χ0) is 13.1. The van der Waals surface area contributed by atoms with E-state index >= 15 is 0 Å². The maximum absolute atomic E-state index is 4.49. The van der Waals surface area contributed by atoms with Crippen molar-refractivity contribution in [3.8, 4) is 0 Å². The van der Waals surface area contributed by atoms with Gasteiger partial charge in [-0.25, -0.2) is 4.98 Å². The van der Waals surface area contributed by atoms with Crippen LogP contribution in [0.2, 0.25) is 0 Å². The minimum absolute atomic E-state index is 0.336. The highest BCUT2D eigenvalue weighted by molar-refractivity contribution is 7.16. The number of anilines is 2. The van der Waals surface area contributed by atoms with Gasteiger partial charge in [-0.1, -0.05) is 0 Å². The van der Waals surface area contributed by atoms with E-state index in [9.17, 15) is 0 Å². The predicted molar refractivity (Wildman–Crippen MR) is 78.6 cm³/mol. The van der Waals surface area contributed by atoms with Crippen LogP contribution in [0.4, 0.5) is 11.8 Å². The van der Waals surface area contributed by atoms with Gasteiger partial charge in [0.2, 0.25) is 5.95 Å². The molecule has 2 aromatic heterocycles. The van der Waals surface area contributed by atoms with Crippen molar-refractivity contribution in [3.05, 3.63) is 11.4 Å². The quantitative estimate of drug-likeness (QED) is 0.867. The van der Waals surface area contributed by atoms with E-state index in [2.05, 4.69) is 52.6 Å². The first-order chi connectivity index (χ1) is 8.60. The number of nitrogens with zero attached hydrogens (tertiary/aromatic N) is 3. The normalized spacial score (nSPS) is 12.9. The molecule has 1 unspecified atom stereocenters. The van der Waals surface area contributed by atoms with Crippen LogP contribution < -0.4 is 10.6 Å². The van der Waals surface area contributed by atoms with Gasteiger partial charge in [0.25, 0.3) is 0 Å². The maximum Gasteiger partial charge on any atom is 0.225 e. The van der Waals surface area contributed by atoms with Gasteiger partial charge in [-0.15, -0.1) is 11.3 Å². The Labute approximate surface area is 111 Å². The van der Waals surface area contributed by atoms with Crippen LogP contribution in [0.25, 0.3) is 10.2 Å². The third kappa shape index (κ3) is 2.88. The second-order valence-corrected chi connectivity index (χ2v) is 5.49. The molecule has 2 N–H and O–H groups in total. The fourth-order valence-electron chi connectivity index (χ4n) is 1.90. The summed E-state index contributed by atoms with van der Waals surface area (Å²) in [4.78, 5) is 12.1. The zero-order valence-corrected chi connectivity index (χ0v) is 12.0. The molecular formula is C12H19N5S. The Morgan fingerprint density at radius 1 is 1.39 bits per heavy atom. The largest absolute Gasteiger partial charge is 0.366 e. The molecule has 0 aliphatic carbocycles. The number of hydrogen-bond acceptors (Lipinski definition) is 6. The van der Waals surface area contributed by atoms with Gasteiger partial charge in [0.15, 0.2) is 0 Å². The molecule has 1 atom stereocenters. The van der Waals surface area contributed by atoms with Gasteiger partial charge < -0.3 is 15.5 Å². The average molecular weight is 265 g/mol. The van der Waals surface area contributed by atoms with E-state index in [1.807, 2.05) is 12.4 Å². The molecule has 0 saturated carbocycles. The molecule has 18 heavy (non-hydrogen) atoms. The molecule has 2 aromatic rings. The van der Waals surface area contributed by atoms with Crippen molar-refractivity contribution in [2.75, 3.05) is 38.3 Å². The SMILES string of the molecule is CNc1nc(NC(C)CN(C)C)c2ccsc2n1. The van der Waals surface area contributed by atoms with Gasteiger partial charge in [0, 0.05) is 19.6 Å². The summed E-state index contributed by atoms with van der Waals surface area (Å²) in [5, 5.41) is 9.58. The molecule has 6 heteroatoms. The van der Waals surface area contributed by atoms with Crippen molar-refractivity contribution in [2.24, 2.45) is 0 Å². The van der Waals surface area contributed by atoms with Crippen LogP contribution in [-0.4, -0.2) is 48.6 Å². The van der Waals surface area contributed by atoms with Gasteiger partial charge in [0.05, 0.1) is 5.39 Å². The third-order valence-corrected chi connectivity index (χ3v) is 3.38. The first kappa shape index (κ1) is 13.0. The Morgan fingerprint density at radius 2 is 2.17 bits per heavy atom. The highest BCUT2D eigenvalue weighted by Crippen LogP contribution is 2.26. The lowest BCUT2D eigenvalue weighted by Gasteiger charge is -2.19. The lowest BCUT2D eigenvalue weighted by atomic mass is 10.3. The highest BCUT2D eigenvalue weighted by atomic mass is 32.1. The predicted octanol–water partition coefficient (Wildman–Crippen LogP) is 2.09. The smallest absolute Gasteiger partial charge is 0.225 e. The number of nitrogens with one attached hydrogen (secondary N) is 2. The van der Waals surface area contributed by atoms with Crippen LogP contribution in [-0.2, 0) is 0 Å².